The highest BCUT2D eigenvalue weighted by Crippen LogP contribution is 2.37. The molecule has 0 unspecified atom stereocenters. The van der Waals surface area contributed by atoms with E-state index in [1.807, 2.05) is 24.3 Å². The first-order valence-electron chi connectivity index (χ1n) is 10.2. The lowest BCUT2D eigenvalue weighted by atomic mass is 9.88. The van der Waals surface area contributed by atoms with Gasteiger partial charge in [0.1, 0.15) is 12.7 Å². The molecule has 13 heteroatoms. The SMILES string of the molecule is CNc1nc(Nc2cccc(-c3ncn(C)n3)c2)nc2c1ncn2C(=O)NC1CC(F)(F)C1. The molecule has 33 heavy (non-hydrogen) atoms. The van der Waals surface area contributed by atoms with E-state index in [4.69, 9.17) is 0 Å². The van der Waals surface area contributed by atoms with Crippen LogP contribution < -0.4 is 16.0 Å². The van der Waals surface area contributed by atoms with Gasteiger partial charge in [0.2, 0.25) is 5.95 Å². The van der Waals surface area contributed by atoms with Gasteiger partial charge in [-0.3, -0.25) is 4.68 Å². The molecule has 1 amide bonds. The third-order valence-electron chi connectivity index (χ3n) is 5.25. The van der Waals surface area contributed by atoms with E-state index in [-0.39, 0.29) is 24.4 Å². The van der Waals surface area contributed by atoms with E-state index in [9.17, 15) is 13.6 Å². The molecule has 170 valence electrons. The number of carbonyl (C=O) groups is 1. The third-order valence-corrected chi connectivity index (χ3v) is 5.25. The van der Waals surface area contributed by atoms with Gasteiger partial charge in [0.25, 0.3) is 5.92 Å². The van der Waals surface area contributed by atoms with Crippen molar-refractivity contribution >= 4 is 34.6 Å². The minimum Gasteiger partial charge on any atom is -0.371 e. The fourth-order valence-corrected chi connectivity index (χ4v) is 3.62. The van der Waals surface area contributed by atoms with Crippen molar-refractivity contribution in [2.24, 2.45) is 7.05 Å². The molecule has 0 atom stereocenters. The van der Waals surface area contributed by atoms with Crippen molar-refractivity contribution in [3.8, 4) is 11.4 Å². The van der Waals surface area contributed by atoms with Gasteiger partial charge in [-0.15, -0.1) is 0 Å². The summed E-state index contributed by atoms with van der Waals surface area (Å²) >= 11 is 0. The van der Waals surface area contributed by atoms with Gasteiger partial charge in [-0.25, -0.2) is 28.1 Å². The number of hydrogen-bond donors (Lipinski definition) is 3. The maximum absolute atomic E-state index is 13.1. The van der Waals surface area contributed by atoms with Gasteiger partial charge < -0.3 is 16.0 Å². The number of alkyl halides is 2. The molecule has 1 aliphatic carbocycles. The zero-order chi connectivity index (χ0) is 23.2. The maximum atomic E-state index is 13.1. The summed E-state index contributed by atoms with van der Waals surface area (Å²) in [4.78, 5) is 30.0. The molecule has 3 aromatic heterocycles. The first kappa shape index (κ1) is 20.7. The average Bonchev–Trinajstić information content (AvgIpc) is 3.38. The second-order valence-electron chi connectivity index (χ2n) is 7.79. The Hall–Kier alpha value is -4.16. The van der Waals surface area contributed by atoms with Gasteiger partial charge in [0.05, 0.1) is 0 Å². The molecule has 3 heterocycles. The lowest BCUT2D eigenvalue weighted by molar-refractivity contribution is -0.0896. The van der Waals surface area contributed by atoms with E-state index >= 15 is 0 Å². The summed E-state index contributed by atoms with van der Waals surface area (Å²) < 4.78 is 29.0. The van der Waals surface area contributed by atoms with E-state index < -0.39 is 18.0 Å². The first-order chi connectivity index (χ1) is 15.8. The van der Waals surface area contributed by atoms with Crippen LogP contribution in [0.15, 0.2) is 36.9 Å². The molecule has 4 aromatic rings. The zero-order valence-corrected chi connectivity index (χ0v) is 17.8. The van der Waals surface area contributed by atoms with Crippen molar-refractivity contribution < 1.29 is 13.6 Å². The third kappa shape index (κ3) is 4.04. The van der Waals surface area contributed by atoms with Crippen LogP contribution in [0.2, 0.25) is 0 Å². The number of nitrogens with zero attached hydrogens (tertiary/aromatic N) is 7. The summed E-state index contributed by atoms with van der Waals surface area (Å²) in [6, 6.07) is 6.25. The average molecular weight is 454 g/mol. The van der Waals surface area contributed by atoms with E-state index in [2.05, 4.69) is 41.0 Å². The first-order valence-corrected chi connectivity index (χ1v) is 10.2. The number of anilines is 3. The van der Waals surface area contributed by atoms with Crippen molar-refractivity contribution in [1.29, 1.82) is 0 Å². The molecule has 0 aliphatic heterocycles. The van der Waals surface area contributed by atoms with Gasteiger partial charge >= 0.3 is 6.03 Å². The molecule has 1 saturated carbocycles. The molecule has 0 saturated heterocycles. The molecule has 3 N–H and O–H groups in total. The molecule has 0 spiro atoms. The Balaban J connectivity index is 1.43. The van der Waals surface area contributed by atoms with Gasteiger partial charge in [-0.1, -0.05) is 12.1 Å². The molecule has 0 radical (unpaired) electrons. The number of aromatic nitrogens is 7. The number of rotatable bonds is 5. The van der Waals surface area contributed by atoms with E-state index in [1.54, 1.807) is 25.1 Å². The quantitative estimate of drug-likeness (QED) is 0.420. The highest BCUT2D eigenvalue weighted by Gasteiger charge is 2.46. The minimum absolute atomic E-state index is 0.225. The van der Waals surface area contributed by atoms with Crippen molar-refractivity contribution in [1.82, 2.24) is 39.6 Å². The second-order valence-corrected chi connectivity index (χ2v) is 7.79. The number of amides is 1. The summed E-state index contributed by atoms with van der Waals surface area (Å²) in [5, 5.41) is 12.9. The molecular weight excluding hydrogens is 434 g/mol. The van der Waals surface area contributed by atoms with E-state index in [0.717, 1.165) is 5.56 Å². The van der Waals surface area contributed by atoms with Crippen LogP contribution in [0.25, 0.3) is 22.6 Å². The van der Waals surface area contributed by atoms with Crippen molar-refractivity contribution in [3.63, 3.8) is 0 Å². The Morgan fingerprint density at radius 3 is 2.70 bits per heavy atom. The topological polar surface area (TPSA) is 127 Å². The van der Waals surface area contributed by atoms with Gasteiger partial charge in [0, 0.05) is 44.2 Å². The smallest absolute Gasteiger partial charge is 0.328 e. The standard InChI is InChI=1S/C20H20F2N10O/c1-23-16-14-17(32(10-24-14)19(33)27-13-7-20(21,22)8-13)29-18(28-16)26-12-5-3-4-11(6-12)15-25-9-31(2)30-15/h3-6,9-10,13H,7-8H2,1-2H3,(H,27,33)(H2,23,26,28,29). The predicted molar refractivity (Wildman–Crippen MR) is 116 cm³/mol. The molecule has 11 nitrogen and oxygen atoms in total. The number of nitrogens with one attached hydrogen (secondary N) is 3. The fraction of sp³-hybridized carbons (Fsp3) is 0.300. The summed E-state index contributed by atoms with van der Waals surface area (Å²) in [5.41, 5.74) is 2.11. The van der Waals surface area contributed by atoms with Crippen LogP contribution in [0, 0.1) is 0 Å². The van der Waals surface area contributed by atoms with Crippen LogP contribution in [0.3, 0.4) is 0 Å². The monoisotopic (exact) mass is 454 g/mol. The number of halogens is 2. The largest absolute Gasteiger partial charge is 0.371 e. The van der Waals surface area contributed by atoms with Gasteiger partial charge in [-0.05, 0) is 12.1 Å². The molecule has 1 aromatic carbocycles. The van der Waals surface area contributed by atoms with Crippen LogP contribution in [-0.2, 0) is 7.05 Å². The Labute approximate surface area is 186 Å². The van der Waals surface area contributed by atoms with Gasteiger partial charge in [-0.2, -0.15) is 15.1 Å². The number of carbonyl (C=O) groups excluding carboxylic acids is 1. The zero-order valence-electron chi connectivity index (χ0n) is 17.8. The van der Waals surface area contributed by atoms with Crippen LogP contribution in [0.5, 0.6) is 0 Å². The number of benzene rings is 1. The molecular formula is C20H20F2N10O. The van der Waals surface area contributed by atoms with Crippen molar-refractivity contribution in [2.45, 2.75) is 24.8 Å². The summed E-state index contributed by atoms with van der Waals surface area (Å²) in [6.45, 7) is 0. The Morgan fingerprint density at radius 1 is 1.18 bits per heavy atom. The van der Waals surface area contributed by atoms with Gasteiger partial charge in [0.15, 0.2) is 22.8 Å². The number of imidazole rings is 1. The van der Waals surface area contributed by atoms with E-state index in [0.29, 0.717) is 22.8 Å². The normalized spacial score (nSPS) is 15.3. The molecule has 0 bridgehead atoms. The lowest BCUT2D eigenvalue weighted by Crippen LogP contribution is -2.51. The van der Waals surface area contributed by atoms with Crippen LogP contribution in [0.1, 0.15) is 12.8 Å². The lowest BCUT2D eigenvalue weighted by Gasteiger charge is -2.35. The summed E-state index contributed by atoms with van der Waals surface area (Å²) in [5.74, 6) is -1.52. The number of aryl methyl sites for hydroxylation is 1. The maximum Gasteiger partial charge on any atom is 0.328 e. The minimum atomic E-state index is -2.73. The highest BCUT2D eigenvalue weighted by molar-refractivity contribution is 5.92. The van der Waals surface area contributed by atoms with E-state index in [1.165, 1.54) is 10.9 Å². The Morgan fingerprint density at radius 2 is 2.00 bits per heavy atom. The van der Waals surface area contributed by atoms with Crippen LogP contribution in [0.4, 0.5) is 31.0 Å². The number of fused-ring (bicyclic) bond motifs is 1. The fourth-order valence-electron chi connectivity index (χ4n) is 3.62. The Bertz CT molecular complexity index is 1340. The molecule has 5 rings (SSSR count). The predicted octanol–water partition coefficient (Wildman–Crippen LogP) is 2.76. The van der Waals surface area contributed by atoms with Crippen molar-refractivity contribution in [3.05, 3.63) is 36.9 Å². The summed E-state index contributed by atoms with van der Waals surface area (Å²) in [6.07, 6.45) is 2.15. The molecule has 1 aliphatic rings. The molecule has 1 fully saturated rings. The highest BCUT2D eigenvalue weighted by atomic mass is 19.3. The summed E-state index contributed by atoms with van der Waals surface area (Å²) in [7, 11) is 3.46. The number of hydrogen-bond acceptors (Lipinski definition) is 8. The Kier molecular flexibility index (Phi) is 4.87. The van der Waals surface area contributed by atoms with Crippen molar-refractivity contribution in [2.75, 3.05) is 17.7 Å². The van der Waals surface area contributed by atoms with Crippen LogP contribution in [-0.4, -0.2) is 59.3 Å². The van der Waals surface area contributed by atoms with Crippen LogP contribution >= 0.6 is 0 Å². The second kappa shape index (κ2) is 7.76.